The molecule has 2 saturated heterocycles. The van der Waals surface area contributed by atoms with Crippen LogP contribution >= 0.6 is 27.5 Å². The Hall–Kier alpha value is -3.68. The normalized spacial score (nSPS) is 21.0. The molecule has 1 unspecified atom stereocenters. The van der Waals surface area contributed by atoms with Gasteiger partial charge in [0, 0.05) is 54.9 Å². The predicted octanol–water partition coefficient (Wildman–Crippen LogP) is 3.72. The van der Waals surface area contributed by atoms with Crippen LogP contribution in [0.3, 0.4) is 0 Å². The van der Waals surface area contributed by atoms with Gasteiger partial charge in [0.2, 0.25) is 17.8 Å². The molecule has 1 saturated carbocycles. The maximum atomic E-state index is 13.4. The van der Waals surface area contributed by atoms with Crippen LogP contribution in [-0.4, -0.2) is 78.4 Å². The maximum Gasteiger partial charge on any atom is 0.263 e. The number of hydrogen-bond acceptors (Lipinski definition) is 9. The average molecular weight is 696 g/mol. The van der Waals surface area contributed by atoms with Crippen LogP contribution in [0, 0.1) is 5.92 Å². The van der Waals surface area contributed by atoms with Gasteiger partial charge in [-0.25, -0.2) is 9.97 Å². The zero-order chi connectivity index (χ0) is 31.4. The predicted molar refractivity (Wildman–Crippen MR) is 168 cm³/mol. The summed E-state index contributed by atoms with van der Waals surface area (Å²) in [4.78, 5) is 63.1. The van der Waals surface area contributed by atoms with Gasteiger partial charge >= 0.3 is 0 Å². The molecule has 4 amide bonds. The number of aromatic nitrogens is 4. The maximum absolute atomic E-state index is 13.4. The van der Waals surface area contributed by atoms with E-state index in [2.05, 4.69) is 41.5 Å². The Labute approximate surface area is 273 Å². The zero-order valence-corrected chi connectivity index (χ0v) is 27.0. The van der Waals surface area contributed by atoms with Crippen LogP contribution in [0.15, 0.2) is 29.0 Å². The largest absolute Gasteiger partial charge is 0.351 e. The van der Waals surface area contributed by atoms with E-state index < -0.39 is 29.7 Å². The van der Waals surface area contributed by atoms with Crippen molar-refractivity contribution in [1.82, 2.24) is 34.9 Å². The molecule has 3 fully saturated rings. The molecular formula is C31H32BrClN8O4. The number of imide groups is 2. The standard InChI is InChI=1S/C31H32BrClN8O4/c1-39-23(12-16-2-3-16)20(13-35-39)27-21(33)14-34-31(38-27)36-18-8-10-40(11-9-18)15-17-4-5-19-25(26(17)32)30(45)41(29(19)44)22-6-7-24(42)37-28(22)43/h4-5,13-14,16,18,22H,2-3,6-12,15H2,1H3,(H,34,36,38)(H,37,42,43). The van der Waals surface area contributed by atoms with Crippen LogP contribution in [0.1, 0.15) is 70.5 Å². The third kappa shape index (κ3) is 5.77. The van der Waals surface area contributed by atoms with Crippen LogP contribution < -0.4 is 10.6 Å². The second-order valence-electron chi connectivity index (χ2n) is 12.3. The van der Waals surface area contributed by atoms with E-state index >= 15 is 0 Å². The number of benzene rings is 1. The summed E-state index contributed by atoms with van der Waals surface area (Å²) >= 11 is 10.1. The van der Waals surface area contributed by atoms with E-state index in [1.165, 1.54) is 12.8 Å². The van der Waals surface area contributed by atoms with Gasteiger partial charge in [0.1, 0.15) is 6.04 Å². The highest BCUT2D eigenvalue weighted by molar-refractivity contribution is 9.10. The molecule has 234 valence electrons. The first-order valence-electron chi connectivity index (χ1n) is 15.2. The molecule has 2 N–H and O–H groups in total. The van der Waals surface area contributed by atoms with Gasteiger partial charge in [-0.3, -0.25) is 39.0 Å². The van der Waals surface area contributed by atoms with Gasteiger partial charge in [-0.1, -0.05) is 17.7 Å². The molecule has 14 heteroatoms. The first-order valence-corrected chi connectivity index (χ1v) is 16.4. The summed E-state index contributed by atoms with van der Waals surface area (Å²) in [5.41, 5.74) is 4.20. The van der Waals surface area contributed by atoms with Crippen LogP contribution in [0.25, 0.3) is 11.3 Å². The van der Waals surface area contributed by atoms with Crippen molar-refractivity contribution in [2.24, 2.45) is 13.0 Å². The quantitative estimate of drug-likeness (QED) is 0.337. The average Bonchev–Trinajstić information content (AvgIpc) is 3.72. The second-order valence-corrected chi connectivity index (χ2v) is 13.5. The fraction of sp³-hybridized carbons (Fsp3) is 0.452. The van der Waals surface area contributed by atoms with Gasteiger partial charge in [-0.2, -0.15) is 5.10 Å². The number of halogens is 2. The van der Waals surface area contributed by atoms with Crippen molar-refractivity contribution in [3.63, 3.8) is 0 Å². The molecule has 12 nitrogen and oxygen atoms in total. The van der Waals surface area contributed by atoms with Gasteiger partial charge in [0.05, 0.1) is 34.2 Å². The van der Waals surface area contributed by atoms with E-state index in [9.17, 15) is 19.2 Å². The van der Waals surface area contributed by atoms with Gasteiger partial charge in [-0.05, 0) is 72.0 Å². The number of fused-ring (bicyclic) bond motifs is 1. The highest BCUT2D eigenvalue weighted by Gasteiger charge is 2.46. The number of rotatable bonds is 8. The van der Waals surface area contributed by atoms with Crippen molar-refractivity contribution < 1.29 is 19.2 Å². The molecule has 1 aliphatic carbocycles. The number of carbonyl (C=O) groups excluding carboxylic acids is 4. The molecule has 45 heavy (non-hydrogen) atoms. The Balaban J connectivity index is 0.993. The topological polar surface area (TPSA) is 142 Å². The number of piperidine rings is 2. The molecule has 2 aromatic heterocycles. The first-order chi connectivity index (χ1) is 21.7. The van der Waals surface area contributed by atoms with E-state index in [0.717, 1.165) is 54.1 Å². The lowest BCUT2D eigenvalue weighted by Gasteiger charge is -2.32. The Morgan fingerprint density at radius 2 is 1.80 bits per heavy atom. The van der Waals surface area contributed by atoms with E-state index in [4.69, 9.17) is 16.6 Å². The molecule has 7 rings (SSSR count). The number of amides is 4. The van der Waals surface area contributed by atoms with Crippen molar-refractivity contribution >= 4 is 57.1 Å². The van der Waals surface area contributed by atoms with Crippen molar-refractivity contribution in [3.8, 4) is 11.3 Å². The van der Waals surface area contributed by atoms with E-state index in [-0.39, 0.29) is 30.0 Å². The van der Waals surface area contributed by atoms with Crippen LogP contribution in [0.4, 0.5) is 5.95 Å². The number of aryl methyl sites for hydroxylation is 1. The number of carbonyl (C=O) groups is 4. The Morgan fingerprint density at radius 1 is 1.02 bits per heavy atom. The van der Waals surface area contributed by atoms with Crippen molar-refractivity contribution in [2.45, 2.75) is 63.6 Å². The fourth-order valence-corrected chi connectivity index (χ4v) is 7.30. The Bertz CT molecular complexity index is 1730. The summed E-state index contributed by atoms with van der Waals surface area (Å²) in [5.74, 6) is -0.810. The molecule has 4 aliphatic rings. The zero-order valence-electron chi connectivity index (χ0n) is 24.7. The Morgan fingerprint density at radius 3 is 2.53 bits per heavy atom. The SMILES string of the molecule is Cn1ncc(-c2nc(NC3CCN(Cc4ccc5c(c4Br)C(=O)N(C4CCC(=O)NC4=O)C5=O)CC3)ncc2Cl)c1CC1CC1. The van der Waals surface area contributed by atoms with Gasteiger partial charge < -0.3 is 5.32 Å². The summed E-state index contributed by atoms with van der Waals surface area (Å²) < 4.78 is 2.48. The lowest BCUT2D eigenvalue weighted by molar-refractivity contribution is -0.136. The second kappa shape index (κ2) is 11.9. The molecular weight excluding hydrogens is 664 g/mol. The number of nitrogens with zero attached hydrogens (tertiary/aromatic N) is 6. The fourth-order valence-electron chi connectivity index (χ4n) is 6.47. The number of likely N-dealkylation sites (tertiary alicyclic amines) is 1. The van der Waals surface area contributed by atoms with Crippen LogP contribution in [-0.2, 0) is 29.6 Å². The molecule has 0 radical (unpaired) electrons. The summed E-state index contributed by atoms with van der Waals surface area (Å²) in [6.45, 7) is 2.21. The van der Waals surface area contributed by atoms with Crippen molar-refractivity contribution in [3.05, 3.63) is 56.4 Å². The van der Waals surface area contributed by atoms with Crippen molar-refractivity contribution in [2.75, 3.05) is 18.4 Å². The lowest BCUT2D eigenvalue weighted by Crippen LogP contribution is -2.54. The lowest BCUT2D eigenvalue weighted by atomic mass is 10.0. The number of nitrogens with one attached hydrogen (secondary N) is 2. The minimum atomic E-state index is -0.994. The molecule has 0 spiro atoms. The molecule has 3 aliphatic heterocycles. The van der Waals surface area contributed by atoms with E-state index in [1.54, 1.807) is 12.3 Å². The summed E-state index contributed by atoms with van der Waals surface area (Å²) in [6, 6.07) is 2.70. The number of hydrogen-bond donors (Lipinski definition) is 2. The highest BCUT2D eigenvalue weighted by Crippen LogP contribution is 2.38. The third-order valence-electron chi connectivity index (χ3n) is 9.18. The minimum absolute atomic E-state index is 0.0815. The molecule has 3 aromatic rings. The monoisotopic (exact) mass is 694 g/mol. The van der Waals surface area contributed by atoms with E-state index in [0.29, 0.717) is 33.6 Å². The molecule has 1 atom stereocenters. The third-order valence-corrected chi connectivity index (χ3v) is 10.4. The highest BCUT2D eigenvalue weighted by atomic mass is 79.9. The van der Waals surface area contributed by atoms with Crippen LogP contribution in [0.5, 0.6) is 0 Å². The summed E-state index contributed by atoms with van der Waals surface area (Å²) in [6.07, 6.45) is 8.88. The molecule has 1 aromatic carbocycles. The van der Waals surface area contributed by atoms with Crippen molar-refractivity contribution in [1.29, 1.82) is 0 Å². The summed E-state index contributed by atoms with van der Waals surface area (Å²) in [5, 5.41) is 10.7. The Kier molecular flexibility index (Phi) is 7.95. The van der Waals surface area contributed by atoms with Crippen LogP contribution in [0.2, 0.25) is 5.02 Å². The summed E-state index contributed by atoms with van der Waals surface area (Å²) in [7, 11) is 1.96. The van der Waals surface area contributed by atoms with Gasteiger partial charge in [-0.15, -0.1) is 0 Å². The first kappa shape index (κ1) is 30.0. The van der Waals surface area contributed by atoms with E-state index in [1.807, 2.05) is 24.0 Å². The molecule has 0 bridgehead atoms. The number of anilines is 1. The molecule has 5 heterocycles. The van der Waals surface area contributed by atoms with Gasteiger partial charge in [0.25, 0.3) is 11.8 Å². The smallest absolute Gasteiger partial charge is 0.263 e. The minimum Gasteiger partial charge on any atom is -0.351 e. The van der Waals surface area contributed by atoms with Gasteiger partial charge in [0.15, 0.2) is 0 Å².